The summed E-state index contributed by atoms with van der Waals surface area (Å²) in [5.74, 6) is 1.85. The molecule has 1 aromatic heterocycles. The van der Waals surface area contributed by atoms with Gasteiger partial charge in [0.05, 0.1) is 25.9 Å². The highest BCUT2D eigenvalue weighted by atomic mass is 32.2. The van der Waals surface area contributed by atoms with Crippen LogP contribution in [-0.4, -0.2) is 45.8 Å². The number of imide groups is 1. The van der Waals surface area contributed by atoms with Gasteiger partial charge in [0.15, 0.2) is 0 Å². The van der Waals surface area contributed by atoms with Crippen molar-refractivity contribution in [3.8, 4) is 17.2 Å². The summed E-state index contributed by atoms with van der Waals surface area (Å²) in [4.78, 5) is 27.8. The number of oxazole rings is 1. The van der Waals surface area contributed by atoms with Crippen molar-refractivity contribution in [2.24, 2.45) is 5.92 Å². The van der Waals surface area contributed by atoms with Gasteiger partial charge in [-0.05, 0) is 62.1 Å². The van der Waals surface area contributed by atoms with Crippen LogP contribution in [0.3, 0.4) is 0 Å². The number of aliphatic hydroxyl groups is 1. The van der Waals surface area contributed by atoms with Crippen molar-refractivity contribution in [1.82, 2.24) is 10.3 Å². The molecular formula is C23H28N2O6S. The Kier molecular flexibility index (Phi) is 7.17. The van der Waals surface area contributed by atoms with Gasteiger partial charge in [-0.1, -0.05) is 18.9 Å². The fourth-order valence-corrected chi connectivity index (χ4v) is 5.16. The molecular weight excluding hydrogens is 432 g/mol. The van der Waals surface area contributed by atoms with E-state index in [0.717, 1.165) is 60.2 Å². The lowest BCUT2D eigenvalue weighted by atomic mass is 9.83. The van der Waals surface area contributed by atoms with Crippen molar-refractivity contribution in [3.63, 3.8) is 0 Å². The molecule has 32 heavy (non-hydrogen) atoms. The lowest BCUT2D eigenvalue weighted by Gasteiger charge is -2.31. The Morgan fingerprint density at radius 3 is 2.94 bits per heavy atom. The molecule has 8 nitrogen and oxygen atoms in total. The molecule has 2 unspecified atom stereocenters. The summed E-state index contributed by atoms with van der Waals surface area (Å²) in [5, 5.41) is 11.6. The van der Waals surface area contributed by atoms with Crippen LogP contribution in [0.1, 0.15) is 43.6 Å². The predicted molar refractivity (Wildman–Crippen MR) is 119 cm³/mol. The number of amides is 2. The second kappa shape index (κ2) is 10.1. The van der Waals surface area contributed by atoms with E-state index >= 15 is 0 Å². The van der Waals surface area contributed by atoms with E-state index in [1.54, 1.807) is 7.11 Å². The van der Waals surface area contributed by atoms with Gasteiger partial charge in [-0.3, -0.25) is 14.9 Å². The van der Waals surface area contributed by atoms with Crippen LogP contribution < -0.4 is 10.1 Å². The van der Waals surface area contributed by atoms with Gasteiger partial charge in [-0.2, -0.15) is 0 Å². The number of hydrogen-bond donors (Lipinski definition) is 2. The van der Waals surface area contributed by atoms with Crippen molar-refractivity contribution in [2.75, 3.05) is 7.11 Å². The minimum absolute atomic E-state index is 0.0593. The molecule has 1 aromatic carbocycles. The topological polar surface area (TPSA) is 111 Å². The van der Waals surface area contributed by atoms with Gasteiger partial charge in [0.2, 0.25) is 11.8 Å². The number of aromatic nitrogens is 1. The zero-order valence-electron chi connectivity index (χ0n) is 18.2. The van der Waals surface area contributed by atoms with Crippen LogP contribution in [0.15, 0.2) is 28.7 Å². The molecule has 1 saturated heterocycles. The number of ether oxygens (including phenoxy) is 2. The Morgan fingerprint density at radius 1 is 1.34 bits per heavy atom. The molecule has 9 heteroatoms. The average Bonchev–Trinajstić information content (AvgIpc) is 3.33. The summed E-state index contributed by atoms with van der Waals surface area (Å²) in [7, 11) is 1.62. The molecule has 2 amide bonds. The number of thioether (sulfide) groups is 1. The summed E-state index contributed by atoms with van der Waals surface area (Å²) in [6.45, 7) is 2.23. The van der Waals surface area contributed by atoms with Crippen LogP contribution in [-0.2, 0) is 16.1 Å². The summed E-state index contributed by atoms with van der Waals surface area (Å²) < 4.78 is 17.3. The van der Waals surface area contributed by atoms with Gasteiger partial charge < -0.3 is 19.0 Å². The summed E-state index contributed by atoms with van der Waals surface area (Å²) in [5.41, 5.74) is 1.61. The molecule has 2 fully saturated rings. The number of nitrogens with zero attached hydrogens (tertiary/aromatic N) is 1. The molecule has 4 rings (SSSR count). The Balaban J connectivity index is 1.31. The highest BCUT2D eigenvalue weighted by Gasteiger charge is 2.38. The third-order valence-corrected chi connectivity index (χ3v) is 7.14. The van der Waals surface area contributed by atoms with Crippen molar-refractivity contribution >= 4 is 22.9 Å². The van der Waals surface area contributed by atoms with Crippen LogP contribution in [0, 0.1) is 12.8 Å². The van der Waals surface area contributed by atoms with E-state index in [9.17, 15) is 14.7 Å². The van der Waals surface area contributed by atoms with E-state index in [2.05, 4.69) is 10.3 Å². The number of rotatable bonds is 8. The summed E-state index contributed by atoms with van der Waals surface area (Å²) >= 11 is 0.876. The fraction of sp³-hybridized carbons (Fsp3) is 0.522. The minimum Gasteiger partial charge on any atom is -0.497 e. The largest absolute Gasteiger partial charge is 0.497 e. The summed E-state index contributed by atoms with van der Waals surface area (Å²) in [6, 6.07) is 7.56. The standard InChI is InChI=1S/C23H28N2O6S/c1-13-18(24-22(31-13)15-6-4-7-16(11-15)29-2)12-30-17-8-3-5-14(9-17)10-19(26)20-21(27)25-23(28)32-20/h4,6-7,11,14,17,19-20,26H,3,5,8-10,12H2,1-2H3,(H,25,27,28)/t14-,17+,19?,20?/m0/s1. The first-order valence-corrected chi connectivity index (χ1v) is 11.7. The molecule has 172 valence electrons. The number of nitrogens with one attached hydrogen (secondary N) is 1. The number of carbonyl (C=O) groups is 2. The first kappa shape index (κ1) is 22.8. The third-order valence-electron chi connectivity index (χ3n) is 6.04. The number of methoxy groups -OCH3 is 1. The van der Waals surface area contributed by atoms with E-state index in [1.807, 2.05) is 31.2 Å². The van der Waals surface area contributed by atoms with Gasteiger partial charge >= 0.3 is 0 Å². The number of hydrogen-bond acceptors (Lipinski definition) is 8. The lowest BCUT2D eigenvalue weighted by molar-refractivity contribution is -0.120. The molecule has 1 aliphatic carbocycles. The zero-order chi connectivity index (χ0) is 22.7. The van der Waals surface area contributed by atoms with Crippen molar-refractivity contribution in [2.45, 2.75) is 63.1 Å². The molecule has 0 spiro atoms. The smallest absolute Gasteiger partial charge is 0.286 e. The Bertz CT molecular complexity index is 977. The first-order valence-electron chi connectivity index (χ1n) is 10.8. The van der Waals surface area contributed by atoms with Gasteiger partial charge in [0.25, 0.3) is 5.24 Å². The molecule has 0 bridgehead atoms. The normalized spacial score (nSPS) is 24.4. The SMILES string of the molecule is COc1cccc(-c2nc(CO[C@@H]3CCC[C@H](CC(O)C4SC(=O)NC4=O)C3)c(C)o2)c1. The molecule has 4 atom stereocenters. The van der Waals surface area contributed by atoms with Crippen molar-refractivity contribution < 1.29 is 28.6 Å². The third kappa shape index (κ3) is 5.33. The molecule has 2 heterocycles. The van der Waals surface area contributed by atoms with Crippen LogP contribution in [0.2, 0.25) is 0 Å². The molecule has 1 aliphatic heterocycles. The Morgan fingerprint density at radius 2 is 2.19 bits per heavy atom. The van der Waals surface area contributed by atoms with E-state index in [0.29, 0.717) is 18.9 Å². The molecule has 2 N–H and O–H groups in total. The number of aryl methyl sites for hydroxylation is 1. The molecule has 2 aromatic rings. The fourth-order valence-electron chi connectivity index (χ4n) is 4.33. The first-order chi connectivity index (χ1) is 15.4. The molecule has 0 radical (unpaired) electrons. The second-order valence-electron chi connectivity index (χ2n) is 8.34. The second-order valence-corrected chi connectivity index (χ2v) is 9.45. The van der Waals surface area contributed by atoms with Gasteiger partial charge in [0, 0.05) is 5.56 Å². The number of carbonyl (C=O) groups excluding carboxylic acids is 2. The molecule has 2 aliphatic rings. The monoisotopic (exact) mass is 460 g/mol. The van der Waals surface area contributed by atoms with Gasteiger partial charge in [0.1, 0.15) is 22.5 Å². The van der Waals surface area contributed by atoms with Crippen LogP contribution in [0.4, 0.5) is 4.79 Å². The number of aliphatic hydroxyl groups excluding tert-OH is 1. The maximum Gasteiger partial charge on any atom is 0.286 e. The molecule has 1 saturated carbocycles. The van der Waals surface area contributed by atoms with Crippen LogP contribution in [0.5, 0.6) is 5.75 Å². The Hall–Kier alpha value is -2.36. The minimum atomic E-state index is -0.835. The van der Waals surface area contributed by atoms with Crippen molar-refractivity contribution in [1.29, 1.82) is 0 Å². The van der Waals surface area contributed by atoms with Crippen LogP contribution >= 0.6 is 11.8 Å². The van der Waals surface area contributed by atoms with E-state index in [1.165, 1.54) is 0 Å². The van der Waals surface area contributed by atoms with Crippen molar-refractivity contribution in [3.05, 3.63) is 35.7 Å². The zero-order valence-corrected chi connectivity index (χ0v) is 19.0. The van der Waals surface area contributed by atoms with E-state index < -0.39 is 17.3 Å². The maximum absolute atomic E-state index is 11.8. The number of benzene rings is 1. The highest BCUT2D eigenvalue weighted by Crippen LogP contribution is 2.34. The Labute approximate surface area is 191 Å². The van der Waals surface area contributed by atoms with Crippen LogP contribution in [0.25, 0.3) is 11.5 Å². The van der Waals surface area contributed by atoms with Gasteiger partial charge in [-0.25, -0.2) is 4.98 Å². The lowest BCUT2D eigenvalue weighted by Crippen LogP contribution is -2.35. The quantitative estimate of drug-likeness (QED) is 0.611. The maximum atomic E-state index is 11.8. The van der Waals surface area contributed by atoms with E-state index in [-0.39, 0.29) is 17.3 Å². The highest BCUT2D eigenvalue weighted by molar-refractivity contribution is 8.15. The predicted octanol–water partition coefficient (Wildman–Crippen LogP) is 3.84. The summed E-state index contributed by atoms with van der Waals surface area (Å²) in [6.07, 6.45) is 3.45. The average molecular weight is 461 g/mol. The van der Waals surface area contributed by atoms with E-state index in [4.69, 9.17) is 13.9 Å². The van der Waals surface area contributed by atoms with Gasteiger partial charge in [-0.15, -0.1) is 0 Å².